The van der Waals surface area contributed by atoms with Crippen LogP contribution in [0.5, 0.6) is 0 Å². The smallest absolute Gasteiger partial charge is 0.253 e. The topological polar surface area (TPSA) is 36.4 Å². The highest BCUT2D eigenvalue weighted by Gasteiger charge is 2.46. The summed E-state index contributed by atoms with van der Waals surface area (Å²) < 4.78 is 0. The molecule has 1 amide bonds. The second-order valence-electron chi connectivity index (χ2n) is 8.10. The summed E-state index contributed by atoms with van der Waals surface area (Å²) in [4.78, 5) is 21.8. The van der Waals surface area contributed by atoms with E-state index in [1.165, 1.54) is 12.0 Å². The number of rotatable bonds is 3. The van der Waals surface area contributed by atoms with Crippen molar-refractivity contribution < 1.29 is 4.79 Å². The molecule has 2 fully saturated rings. The highest BCUT2D eigenvalue weighted by Crippen LogP contribution is 2.44. The molecule has 4 rings (SSSR count). The van der Waals surface area contributed by atoms with Crippen LogP contribution in [0, 0.1) is 0 Å². The van der Waals surface area contributed by atoms with E-state index in [1.54, 1.807) is 6.20 Å². The number of likely N-dealkylation sites (N-methyl/N-ethyl adjacent to an activating group) is 1. The summed E-state index contributed by atoms with van der Waals surface area (Å²) in [5.74, 6) is 0.757. The average molecular weight is 364 g/mol. The van der Waals surface area contributed by atoms with Crippen LogP contribution in [0.25, 0.3) is 0 Å². The largest absolute Gasteiger partial charge is 0.339 e. The molecule has 4 heteroatoms. The normalized spacial score (nSPS) is 22.3. The van der Waals surface area contributed by atoms with Gasteiger partial charge in [-0.15, -0.1) is 0 Å². The van der Waals surface area contributed by atoms with Crippen molar-refractivity contribution in [2.75, 3.05) is 26.7 Å². The van der Waals surface area contributed by atoms with Gasteiger partial charge in [0, 0.05) is 42.6 Å². The van der Waals surface area contributed by atoms with Gasteiger partial charge in [0.2, 0.25) is 0 Å². The minimum absolute atomic E-state index is 0.155. The second kappa shape index (κ2) is 7.43. The molecular weight excluding hydrogens is 334 g/mol. The summed E-state index contributed by atoms with van der Waals surface area (Å²) in [6.45, 7) is 4.87. The van der Waals surface area contributed by atoms with Crippen LogP contribution in [0.4, 0.5) is 0 Å². The van der Waals surface area contributed by atoms with Gasteiger partial charge in [0.1, 0.15) is 0 Å². The lowest BCUT2D eigenvalue weighted by Gasteiger charge is -2.43. The lowest BCUT2D eigenvalue weighted by molar-refractivity contribution is 0.0492. The molecule has 2 aliphatic rings. The molecule has 0 saturated carbocycles. The zero-order valence-electron chi connectivity index (χ0n) is 16.4. The van der Waals surface area contributed by atoms with Crippen molar-refractivity contribution >= 4 is 5.91 Å². The third-order valence-electron chi connectivity index (χ3n) is 6.61. The Bertz CT molecular complexity index is 796. The number of carbonyl (C=O) groups excluding carboxylic acids is 1. The van der Waals surface area contributed by atoms with Gasteiger partial charge in [-0.05, 0) is 56.3 Å². The van der Waals surface area contributed by atoms with E-state index in [2.05, 4.69) is 54.2 Å². The molecule has 0 N–H and O–H groups in total. The number of pyridine rings is 1. The van der Waals surface area contributed by atoms with Gasteiger partial charge in [-0.2, -0.15) is 0 Å². The Balaban J connectivity index is 1.43. The van der Waals surface area contributed by atoms with E-state index < -0.39 is 0 Å². The number of hydrogen-bond donors (Lipinski definition) is 0. The van der Waals surface area contributed by atoms with Gasteiger partial charge in [0.15, 0.2) is 0 Å². The van der Waals surface area contributed by atoms with Crippen molar-refractivity contribution in [2.24, 2.45) is 0 Å². The van der Waals surface area contributed by atoms with Crippen LogP contribution in [0.2, 0.25) is 0 Å². The molecule has 0 radical (unpaired) electrons. The van der Waals surface area contributed by atoms with Crippen molar-refractivity contribution in [1.29, 1.82) is 0 Å². The molecule has 1 unspecified atom stereocenters. The Morgan fingerprint density at radius 2 is 1.93 bits per heavy atom. The van der Waals surface area contributed by atoms with Crippen LogP contribution in [-0.2, 0) is 6.42 Å². The zero-order valence-corrected chi connectivity index (χ0v) is 16.4. The predicted molar refractivity (Wildman–Crippen MR) is 108 cm³/mol. The van der Waals surface area contributed by atoms with Gasteiger partial charge in [-0.1, -0.05) is 37.3 Å². The fourth-order valence-electron chi connectivity index (χ4n) is 4.85. The minimum atomic E-state index is 0.155. The molecule has 1 aromatic carbocycles. The van der Waals surface area contributed by atoms with E-state index in [1.807, 2.05) is 17.0 Å². The Hall–Kier alpha value is -2.20. The molecule has 0 bridgehead atoms. The van der Waals surface area contributed by atoms with Gasteiger partial charge in [0.25, 0.3) is 5.91 Å². The molecule has 2 aliphatic heterocycles. The number of hydrogen-bond acceptors (Lipinski definition) is 3. The molecule has 1 atom stereocenters. The highest BCUT2D eigenvalue weighted by atomic mass is 16.2. The van der Waals surface area contributed by atoms with Gasteiger partial charge in [0.05, 0.1) is 0 Å². The summed E-state index contributed by atoms with van der Waals surface area (Å²) in [5.41, 5.74) is 3.45. The van der Waals surface area contributed by atoms with E-state index in [-0.39, 0.29) is 11.4 Å². The van der Waals surface area contributed by atoms with Crippen molar-refractivity contribution in [3.63, 3.8) is 0 Å². The second-order valence-corrected chi connectivity index (χ2v) is 8.10. The van der Waals surface area contributed by atoms with Crippen LogP contribution >= 0.6 is 0 Å². The summed E-state index contributed by atoms with van der Waals surface area (Å²) in [5, 5.41) is 0. The van der Waals surface area contributed by atoms with E-state index in [0.29, 0.717) is 5.92 Å². The molecule has 1 spiro atoms. The first-order chi connectivity index (χ1) is 13.1. The maximum atomic E-state index is 12.9. The minimum Gasteiger partial charge on any atom is -0.339 e. The molecule has 1 aromatic heterocycles. The molecule has 3 heterocycles. The van der Waals surface area contributed by atoms with Crippen molar-refractivity contribution in [3.05, 3.63) is 65.5 Å². The van der Waals surface area contributed by atoms with E-state index >= 15 is 0 Å². The fourth-order valence-corrected chi connectivity index (χ4v) is 4.85. The maximum Gasteiger partial charge on any atom is 0.253 e. The third kappa shape index (κ3) is 3.51. The van der Waals surface area contributed by atoms with Gasteiger partial charge < -0.3 is 4.90 Å². The molecule has 2 saturated heterocycles. The number of carbonyl (C=O) groups is 1. The number of piperidine rings is 1. The maximum absolute atomic E-state index is 12.9. The summed E-state index contributed by atoms with van der Waals surface area (Å²) in [6.07, 6.45) is 5.93. The first-order valence-electron chi connectivity index (χ1n) is 10.1. The Morgan fingerprint density at radius 3 is 2.63 bits per heavy atom. The van der Waals surface area contributed by atoms with Crippen molar-refractivity contribution in [1.82, 2.24) is 14.8 Å². The van der Waals surface area contributed by atoms with E-state index in [0.717, 1.165) is 50.2 Å². The lowest BCUT2D eigenvalue weighted by Crippen LogP contribution is -2.52. The first kappa shape index (κ1) is 18.2. The number of aryl methyl sites for hydroxylation is 1. The quantitative estimate of drug-likeness (QED) is 0.833. The standard InChI is InChI=1S/C23H29N3O/c1-3-21-15-19(9-12-24-21)22(27)26-13-10-23(11-14-26)16-20(17-25(23)2)18-7-5-4-6-8-18/h4-9,12,15,20H,3,10-11,13-14,16-17H2,1-2H3. The summed E-state index contributed by atoms with van der Waals surface area (Å²) in [7, 11) is 2.26. The Morgan fingerprint density at radius 1 is 1.19 bits per heavy atom. The van der Waals surface area contributed by atoms with Crippen LogP contribution in [0.3, 0.4) is 0 Å². The lowest BCUT2D eigenvalue weighted by atomic mass is 9.81. The molecule has 0 aliphatic carbocycles. The first-order valence-corrected chi connectivity index (χ1v) is 10.1. The van der Waals surface area contributed by atoms with Gasteiger partial charge in [-0.3, -0.25) is 14.7 Å². The predicted octanol–water partition coefficient (Wildman–Crippen LogP) is 3.74. The van der Waals surface area contributed by atoms with E-state index in [9.17, 15) is 4.79 Å². The molecule has 142 valence electrons. The number of aromatic nitrogens is 1. The third-order valence-corrected chi connectivity index (χ3v) is 6.61. The van der Waals surface area contributed by atoms with Crippen molar-refractivity contribution in [3.8, 4) is 0 Å². The molecular formula is C23H29N3O. The highest BCUT2D eigenvalue weighted by molar-refractivity contribution is 5.94. The monoisotopic (exact) mass is 363 g/mol. The van der Waals surface area contributed by atoms with Crippen LogP contribution in [-0.4, -0.2) is 52.9 Å². The molecule has 2 aromatic rings. The number of likely N-dealkylation sites (tertiary alicyclic amines) is 2. The number of amides is 1. The zero-order chi connectivity index (χ0) is 18.9. The average Bonchev–Trinajstić information content (AvgIpc) is 3.04. The molecule has 4 nitrogen and oxygen atoms in total. The summed E-state index contributed by atoms with van der Waals surface area (Å²) >= 11 is 0. The SMILES string of the molecule is CCc1cc(C(=O)N2CCC3(CC2)CC(c2ccccc2)CN3C)ccn1. The summed E-state index contributed by atoms with van der Waals surface area (Å²) in [6, 6.07) is 14.7. The fraction of sp³-hybridized carbons (Fsp3) is 0.478. The van der Waals surface area contributed by atoms with Crippen LogP contribution < -0.4 is 0 Å². The number of benzene rings is 1. The van der Waals surface area contributed by atoms with E-state index in [4.69, 9.17) is 0 Å². The van der Waals surface area contributed by atoms with Crippen molar-refractivity contribution in [2.45, 2.75) is 44.1 Å². The number of nitrogens with zero attached hydrogens (tertiary/aromatic N) is 3. The van der Waals surface area contributed by atoms with Gasteiger partial charge in [-0.25, -0.2) is 0 Å². The van der Waals surface area contributed by atoms with Crippen LogP contribution in [0.15, 0.2) is 48.7 Å². The van der Waals surface area contributed by atoms with Gasteiger partial charge >= 0.3 is 0 Å². The Labute approximate surface area is 162 Å². The molecule has 27 heavy (non-hydrogen) atoms. The Kier molecular flexibility index (Phi) is 5.00. The van der Waals surface area contributed by atoms with Crippen LogP contribution in [0.1, 0.15) is 53.7 Å².